The molecule has 6 rings (SSSR count). The van der Waals surface area contributed by atoms with Crippen molar-refractivity contribution < 1.29 is 4.42 Å². The first-order chi connectivity index (χ1) is 17.7. The van der Waals surface area contributed by atoms with Gasteiger partial charge in [0.25, 0.3) is 0 Å². The molecule has 2 aromatic carbocycles. The van der Waals surface area contributed by atoms with E-state index in [0.29, 0.717) is 0 Å². The maximum absolute atomic E-state index is 6.29. The van der Waals surface area contributed by atoms with E-state index in [2.05, 4.69) is 89.9 Å². The van der Waals surface area contributed by atoms with E-state index in [1.807, 2.05) is 0 Å². The quantitative estimate of drug-likeness (QED) is 0.180. The third-order valence-corrected chi connectivity index (χ3v) is 7.90. The minimum Gasteiger partial charge on any atom is -0.455 e. The molecule has 0 saturated carbocycles. The summed E-state index contributed by atoms with van der Waals surface area (Å²) in [6, 6.07) is 19.4. The van der Waals surface area contributed by atoms with Crippen LogP contribution in [0.15, 0.2) is 75.2 Å². The number of amidine groups is 1. The van der Waals surface area contributed by atoms with E-state index in [1.165, 1.54) is 27.8 Å². The van der Waals surface area contributed by atoms with Crippen LogP contribution in [0.4, 0.5) is 0 Å². The van der Waals surface area contributed by atoms with Crippen LogP contribution < -0.4 is 5.32 Å². The fraction of sp³-hybridized carbons (Fsp3) is 0.267. The average molecular weight is 495 g/mol. The number of nitrogens with zero attached hydrogens (tertiary/aromatic N) is 2. The topological polar surface area (TPSA) is 65.7 Å². The van der Waals surface area contributed by atoms with Crippen LogP contribution >= 0.6 is 11.3 Å². The number of benzene rings is 2. The Bertz CT molecular complexity index is 1600. The first kappa shape index (κ1) is 22.8. The summed E-state index contributed by atoms with van der Waals surface area (Å²) in [7, 11) is 0. The largest absolute Gasteiger partial charge is 0.455 e. The van der Waals surface area contributed by atoms with Crippen molar-refractivity contribution in [2.75, 3.05) is 19.6 Å². The summed E-state index contributed by atoms with van der Waals surface area (Å²) < 4.78 is 6.29. The minimum absolute atomic E-state index is 0.878. The Labute approximate surface area is 215 Å². The summed E-state index contributed by atoms with van der Waals surface area (Å²) in [6.07, 6.45) is 5.49. The predicted octanol–water partition coefficient (Wildman–Crippen LogP) is 7.66. The van der Waals surface area contributed by atoms with Gasteiger partial charge in [-0.15, -0.1) is 11.3 Å². The molecular weight excluding hydrogens is 464 g/mol. The molecule has 5 aromatic rings. The Balaban J connectivity index is 1.27. The lowest BCUT2D eigenvalue weighted by Gasteiger charge is -2.14. The number of aromatic nitrogens is 1. The maximum Gasteiger partial charge on any atom is 0.145 e. The van der Waals surface area contributed by atoms with E-state index in [4.69, 9.17) is 9.41 Å². The van der Waals surface area contributed by atoms with Gasteiger partial charge >= 0.3 is 0 Å². The summed E-state index contributed by atoms with van der Waals surface area (Å²) in [6.45, 7) is 7.04. The van der Waals surface area contributed by atoms with Crippen molar-refractivity contribution in [1.29, 1.82) is 0 Å². The van der Waals surface area contributed by atoms with Gasteiger partial charge in [0.15, 0.2) is 0 Å². The number of unbranched alkanes of at least 4 members (excludes halogenated alkanes) is 1. The average Bonchev–Trinajstić information content (AvgIpc) is 3.66. The highest BCUT2D eigenvalue weighted by atomic mass is 32.1. The molecule has 0 atom stereocenters. The maximum atomic E-state index is 6.29. The molecule has 0 aliphatic carbocycles. The van der Waals surface area contributed by atoms with Gasteiger partial charge in [0.2, 0.25) is 0 Å². The molecule has 6 heteroatoms. The Morgan fingerprint density at radius 3 is 2.86 bits per heavy atom. The number of fused-ring (bicyclic) bond motifs is 2. The van der Waals surface area contributed by atoms with Crippen LogP contribution in [-0.2, 0) is 0 Å². The molecule has 36 heavy (non-hydrogen) atoms. The first-order valence-corrected chi connectivity index (χ1v) is 13.6. The molecule has 0 spiro atoms. The van der Waals surface area contributed by atoms with Gasteiger partial charge in [0.05, 0.1) is 4.88 Å². The lowest BCUT2D eigenvalue weighted by Crippen LogP contribution is -2.30. The highest BCUT2D eigenvalue weighted by molar-refractivity contribution is 7.18. The number of H-pyrrole nitrogens is 1. The van der Waals surface area contributed by atoms with Gasteiger partial charge in [0.1, 0.15) is 17.2 Å². The molecule has 0 amide bonds. The second kappa shape index (κ2) is 9.78. The molecule has 2 N–H and O–H groups in total. The van der Waals surface area contributed by atoms with E-state index < -0.39 is 0 Å². The molecule has 0 unspecified atom stereocenters. The van der Waals surface area contributed by atoms with Crippen LogP contribution in [0.1, 0.15) is 44.2 Å². The van der Waals surface area contributed by atoms with Crippen molar-refractivity contribution in [2.24, 2.45) is 9.98 Å². The molecule has 0 radical (unpaired) electrons. The van der Waals surface area contributed by atoms with Gasteiger partial charge in [-0.05, 0) is 55.7 Å². The zero-order valence-corrected chi connectivity index (χ0v) is 21.5. The summed E-state index contributed by atoms with van der Waals surface area (Å²) in [4.78, 5) is 15.2. The lowest BCUT2D eigenvalue weighted by atomic mass is 10.1. The van der Waals surface area contributed by atoms with Crippen molar-refractivity contribution in [3.05, 3.63) is 71.9 Å². The monoisotopic (exact) mass is 494 g/mol. The van der Waals surface area contributed by atoms with Gasteiger partial charge in [-0.3, -0.25) is 9.98 Å². The molecule has 5 nitrogen and oxygen atoms in total. The third kappa shape index (κ3) is 4.37. The van der Waals surface area contributed by atoms with Crippen LogP contribution in [0.25, 0.3) is 43.0 Å². The van der Waals surface area contributed by atoms with Crippen molar-refractivity contribution in [1.82, 2.24) is 10.3 Å². The smallest absolute Gasteiger partial charge is 0.145 e. The fourth-order valence-electron chi connectivity index (χ4n) is 4.69. The zero-order chi connectivity index (χ0) is 24.5. The number of hydrogen-bond donors (Lipinski definition) is 2. The van der Waals surface area contributed by atoms with E-state index in [9.17, 15) is 0 Å². The van der Waals surface area contributed by atoms with Gasteiger partial charge in [-0.2, -0.15) is 0 Å². The molecule has 3 aromatic heterocycles. The predicted molar refractivity (Wildman–Crippen MR) is 153 cm³/mol. The normalized spacial score (nSPS) is 14.4. The highest BCUT2D eigenvalue weighted by Crippen LogP contribution is 2.39. The lowest BCUT2D eigenvalue weighted by molar-refractivity contribution is 0.633. The summed E-state index contributed by atoms with van der Waals surface area (Å²) in [5, 5.41) is 5.73. The Morgan fingerprint density at radius 1 is 1.08 bits per heavy atom. The highest BCUT2D eigenvalue weighted by Gasteiger charge is 2.15. The Hall–Kier alpha value is -3.64. The Morgan fingerprint density at radius 2 is 2.00 bits per heavy atom. The molecule has 1 aliphatic rings. The van der Waals surface area contributed by atoms with Crippen molar-refractivity contribution in [3.8, 4) is 21.1 Å². The molecule has 4 heterocycles. The van der Waals surface area contributed by atoms with Crippen molar-refractivity contribution >= 4 is 44.8 Å². The van der Waals surface area contributed by atoms with Crippen LogP contribution in [-0.4, -0.2) is 36.2 Å². The Kier molecular flexibility index (Phi) is 6.20. The second-order valence-electron chi connectivity index (χ2n) is 9.32. The van der Waals surface area contributed by atoms with E-state index in [1.54, 1.807) is 11.3 Å². The standard InChI is InChI=1S/C30H30N4OS/c1-3-4-12-31-19(2)20-8-9-23-24(18-34-25(23)15-20)28-10-11-29(36-28)27-16-21-6-7-22(17-26(21)35-27)30-32-13-5-14-33-30/h6-11,15-18,34H,3-5,12-14H2,1-2H3,(H,32,33)/b31-19+. The van der Waals surface area contributed by atoms with Crippen LogP contribution in [0.3, 0.4) is 0 Å². The van der Waals surface area contributed by atoms with E-state index in [0.717, 1.165) is 76.7 Å². The van der Waals surface area contributed by atoms with E-state index in [-0.39, 0.29) is 0 Å². The SMILES string of the molecule is CCCC/N=C(\C)c1ccc2c(-c3ccc(-c4cc5ccc(C6=NCCCN6)cc5o4)s3)c[nH]c2c1. The first-order valence-electron chi connectivity index (χ1n) is 12.7. The number of nitrogens with one attached hydrogen (secondary N) is 2. The number of aromatic amines is 1. The van der Waals surface area contributed by atoms with Crippen LogP contribution in [0, 0.1) is 0 Å². The number of rotatable bonds is 7. The second-order valence-corrected chi connectivity index (χ2v) is 10.4. The number of thiophene rings is 1. The molecule has 0 bridgehead atoms. The molecule has 182 valence electrons. The summed E-state index contributed by atoms with van der Waals surface area (Å²) >= 11 is 1.76. The fourth-order valence-corrected chi connectivity index (χ4v) is 5.68. The minimum atomic E-state index is 0.878. The van der Waals surface area contributed by atoms with Crippen LogP contribution in [0.2, 0.25) is 0 Å². The van der Waals surface area contributed by atoms with Crippen LogP contribution in [0.5, 0.6) is 0 Å². The third-order valence-electron chi connectivity index (χ3n) is 6.77. The van der Waals surface area contributed by atoms with E-state index >= 15 is 0 Å². The molecule has 0 fully saturated rings. The molecular formula is C30H30N4OS. The summed E-state index contributed by atoms with van der Waals surface area (Å²) in [5.41, 5.74) is 6.60. The van der Waals surface area contributed by atoms with Gasteiger partial charge in [-0.25, -0.2) is 0 Å². The summed E-state index contributed by atoms with van der Waals surface area (Å²) in [5.74, 6) is 1.86. The molecule has 1 aliphatic heterocycles. The number of aliphatic imine (C=N–C) groups is 2. The number of furan rings is 1. The number of hydrogen-bond acceptors (Lipinski definition) is 5. The zero-order valence-electron chi connectivity index (χ0n) is 20.7. The van der Waals surface area contributed by atoms with Crippen molar-refractivity contribution in [2.45, 2.75) is 33.1 Å². The molecule has 0 saturated heterocycles. The van der Waals surface area contributed by atoms with Gasteiger partial charge in [-0.1, -0.05) is 37.6 Å². The van der Waals surface area contributed by atoms with Crippen molar-refractivity contribution in [3.63, 3.8) is 0 Å². The van der Waals surface area contributed by atoms with Gasteiger partial charge in [0, 0.05) is 63.8 Å². The van der Waals surface area contributed by atoms with Gasteiger partial charge < -0.3 is 14.7 Å².